The molecular formula is C12H16N4O3S. The fraction of sp³-hybridized carbons (Fsp3) is 0.500. The summed E-state index contributed by atoms with van der Waals surface area (Å²) in [6.07, 6.45) is 1.40. The molecule has 1 aromatic heterocycles. The van der Waals surface area contributed by atoms with Crippen molar-refractivity contribution in [1.82, 2.24) is 14.2 Å². The lowest BCUT2D eigenvalue weighted by molar-refractivity contribution is 0.151. The van der Waals surface area contributed by atoms with Gasteiger partial charge in [-0.1, -0.05) is 0 Å². The lowest BCUT2D eigenvalue weighted by Crippen LogP contribution is -2.49. The topological polar surface area (TPSA) is 97.5 Å². The van der Waals surface area contributed by atoms with Crippen molar-refractivity contribution >= 4 is 10.0 Å². The summed E-state index contributed by atoms with van der Waals surface area (Å²) in [4.78, 5) is 5.75. The number of pyridine rings is 1. The van der Waals surface area contributed by atoms with Gasteiger partial charge in [-0.25, -0.2) is 13.4 Å². The Hall–Kier alpha value is -1.53. The number of aliphatic hydroxyl groups is 1. The van der Waals surface area contributed by atoms with Crippen molar-refractivity contribution < 1.29 is 13.5 Å². The first-order valence-corrected chi connectivity index (χ1v) is 7.72. The number of rotatable bonds is 4. The summed E-state index contributed by atoms with van der Waals surface area (Å²) in [5.74, 6) is 0. The van der Waals surface area contributed by atoms with E-state index >= 15 is 0 Å². The zero-order chi connectivity index (χ0) is 14.6. The number of hydrogen-bond acceptors (Lipinski definition) is 6. The second-order valence-corrected chi connectivity index (χ2v) is 6.34. The smallest absolute Gasteiger partial charge is 0.246 e. The molecule has 0 atom stereocenters. The van der Waals surface area contributed by atoms with Gasteiger partial charge in [0.05, 0.1) is 6.61 Å². The van der Waals surface area contributed by atoms with Gasteiger partial charge in [0, 0.05) is 38.9 Å². The Bertz CT molecular complexity index is 603. The van der Waals surface area contributed by atoms with Gasteiger partial charge in [0.1, 0.15) is 11.0 Å². The molecule has 0 amide bonds. The summed E-state index contributed by atoms with van der Waals surface area (Å²) in [6.45, 7) is 2.45. The van der Waals surface area contributed by atoms with Gasteiger partial charge >= 0.3 is 0 Å². The van der Waals surface area contributed by atoms with Crippen molar-refractivity contribution in [2.24, 2.45) is 0 Å². The molecule has 7 nitrogen and oxygen atoms in total. The first-order valence-electron chi connectivity index (χ1n) is 6.28. The van der Waals surface area contributed by atoms with Crippen LogP contribution in [0.3, 0.4) is 0 Å². The molecule has 0 spiro atoms. The molecule has 0 bridgehead atoms. The van der Waals surface area contributed by atoms with E-state index in [2.05, 4.69) is 4.98 Å². The van der Waals surface area contributed by atoms with Crippen LogP contribution in [0.4, 0.5) is 0 Å². The van der Waals surface area contributed by atoms with Gasteiger partial charge in [-0.05, 0) is 12.1 Å². The van der Waals surface area contributed by atoms with Gasteiger partial charge in [0.15, 0.2) is 5.69 Å². The quantitative estimate of drug-likeness (QED) is 0.785. The van der Waals surface area contributed by atoms with Crippen LogP contribution in [0.1, 0.15) is 5.69 Å². The SMILES string of the molecule is N#Cc1ncccc1S(=O)(=O)N1CCN(CCO)CC1. The van der Waals surface area contributed by atoms with Gasteiger partial charge in [0.2, 0.25) is 10.0 Å². The van der Waals surface area contributed by atoms with Crippen molar-refractivity contribution in [3.8, 4) is 6.07 Å². The van der Waals surface area contributed by atoms with Crippen molar-refractivity contribution in [1.29, 1.82) is 5.26 Å². The van der Waals surface area contributed by atoms with Crippen LogP contribution in [0.15, 0.2) is 23.2 Å². The van der Waals surface area contributed by atoms with Crippen molar-refractivity contribution in [2.45, 2.75) is 4.90 Å². The fourth-order valence-corrected chi connectivity index (χ4v) is 3.67. The zero-order valence-electron chi connectivity index (χ0n) is 10.9. The Morgan fingerprint density at radius 3 is 2.65 bits per heavy atom. The second-order valence-electron chi connectivity index (χ2n) is 4.43. The summed E-state index contributed by atoms with van der Waals surface area (Å²) < 4.78 is 26.4. The lowest BCUT2D eigenvalue weighted by atomic mass is 10.4. The maximum absolute atomic E-state index is 12.5. The summed E-state index contributed by atoms with van der Waals surface area (Å²) in [5.41, 5.74) is -0.0784. The first kappa shape index (κ1) is 14.9. The standard InChI is InChI=1S/C12H16N4O3S/c13-10-11-12(2-1-3-14-11)20(18,19)16-6-4-15(5-7-16)8-9-17/h1-3,17H,4-9H2. The summed E-state index contributed by atoms with van der Waals surface area (Å²) in [5, 5.41) is 17.8. The van der Waals surface area contributed by atoms with Gasteiger partial charge in [-0.2, -0.15) is 9.57 Å². The Labute approximate surface area is 118 Å². The number of sulfonamides is 1. The van der Waals surface area contributed by atoms with E-state index < -0.39 is 10.0 Å². The maximum Gasteiger partial charge on any atom is 0.246 e. The minimum Gasteiger partial charge on any atom is -0.395 e. The van der Waals surface area contributed by atoms with Crippen LogP contribution in [0.25, 0.3) is 0 Å². The Balaban J connectivity index is 2.18. The molecule has 0 saturated carbocycles. The number of aliphatic hydroxyl groups excluding tert-OH is 1. The fourth-order valence-electron chi connectivity index (χ4n) is 2.16. The van der Waals surface area contributed by atoms with Crippen molar-refractivity contribution in [3.05, 3.63) is 24.0 Å². The number of nitriles is 1. The van der Waals surface area contributed by atoms with Crippen molar-refractivity contribution in [3.63, 3.8) is 0 Å². The maximum atomic E-state index is 12.5. The van der Waals surface area contributed by atoms with Gasteiger partial charge in [-0.15, -0.1) is 0 Å². The van der Waals surface area contributed by atoms with E-state index in [-0.39, 0.29) is 17.2 Å². The third-order valence-corrected chi connectivity index (χ3v) is 5.17. The molecule has 0 aromatic carbocycles. The molecule has 0 unspecified atom stereocenters. The van der Waals surface area contributed by atoms with Crippen LogP contribution in [-0.4, -0.2) is 67.0 Å². The van der Waals surface area contributed by atoms with Gasteiger partial charge < -0.3 is 5.11 Å². The molecular weight excluding hydrogens is 280 g/mol. The Morgan fingerprint density at radius 2 is 2.05 bits per heavy atom. The highest BCUT2D eigenvalue weighted by Gasteiger charge is 2.30. The van der Waals surface area contributed by atoms with Crippen LogP contribution >= 0.6 is 0 Å². The normalized spacial score (nSPS) is 17.8. The lowest BCUT2D eigenvalue weighted by Gasteiger charge is -2.33. The molecule has 1 aliphatic rings. The first-order chi connectivity index (χ1) is 9.59. The third-order valence-electron chi connectivity index (χ3n) is 3.24. The van der Waals surface area contributed by atoms with E-state index in [4.69, 9.17) is 10.4 Å². The second kappa shape index (κ2) is 6.28. The predicted molar refractivity (Wildman–Crippen MR) is 71.2 cm³/mol. The van der Waals surface area contributed by atoms with Crippen LogP contribution in [0, 0.1) is 11.3 Å². The van der Waals surface area contributed by atoms with Gasteiger partial charge in [0.25, 0.3) is 0 Å². The summed E-state index contributed by atoms with van der Waals surface area (Å²) >= 11 is 0. The van der Waals surface area contributed by atoms with Crippen LogP contribution < -0.4 is 0 Å². The number of nitrogens with zero attached hydrogens (tertiary/aromatic N) is 4. The highest BCUT2D eigenvalue weighted by atomic mass is 32.2. The largest absolute Gasteiger partial charge is 0.395 e. The molecule has 1 saturated heterocycles. The molecule has 0 radical (unpaired) electrons. The molecule has 1 fully saturated rings. The number of aromatic nitrogens is 1. The summed E-state index contributed by atoms with van der Waals surface area (Å²) in [7, 11) is -3.68. The molecule has 1 aliphatic heterocycles. The molecule has 2 rings (SSSR count). The van der Waals surface area contributed by atoms with Crippen LogP contribution in [-0.2, 0) is 10.0 Å². The minimum atomic E-state index is -3.68. The Kier molecular flexibility index (Phi) is 4.67. The molecule has 8 heteroatoms. The number of hydrogen-bond donors (Lipinski definition) is 1. The van der Waals surface area contributed by atoms with E-state index in [1.54, 1.807) is 0 Å². The number of β-amino-alcohol motifs (C(OH)–C–C–N with tert-alkyl or cyclic N) is 1. The van der Waals surface area contributed by atoms with E-state index in [0.717, 1.165) is 0 Å². The van der Waals surface area contributed by atoms with E-state index in [1.165, 1.54) is 22.6 Å². The van der Waals surface area contributed by atoms with Crippen molar-refractivity contribution in [2.75, 3.05) is 39.3 Å². The van der Waals surface area contributed by atoms with Crippen LogP contribution in [0.5, 0.6) is 0 Å². The Morgan fingerprint density at radius 1 is 1.35 bits per heavy atom. The minimum absolute atomic E-state index is 0.0434. The molecule has 0 aliphatic carbocycles. The molecule has 2 heterocycles. The predicted octanol–water partition coefficient (Wildman–Crippen LogP) is -0.748. The average Bonchev–Trinajstić information content (AvgIpc) is 2.48. The number of piperazine rings is 1. The average molecular weight is 296 g/mol. The third kappa shape index (κ3) is 2.96. The molecule has 108 valence electrons. The van der Waals surface area contributed by atoms with E-state index in [9.17, 15) is 8.42 Å². The monoisotopic (exact) mass is 296 g/mol. The van der Waals surface area contributed by atoms with Crippen LogP contribution in [0.2, 0.25) is 0 Å². The highest BCUT2D eigenvalue weighted by Crippen LogP contribution is 2.19. The molecule has 1 aromatic rings. The van der Waals surface area contributed by atoms with E-state index in [0.29, 0.717) is 32.7 Å². The van der Waals surface area contributed by atoms with E-state index in [1.807, 2.05) is 11.0 Å². The summed E-state index contributed by atoms with van der Waals surface area (Å²) in [6, 6.07) is 4.72. The molecule has 1 N–H and O–H groups in total. The van der Waals surface area contributed by atoms with Gasteiger partial charge in [-0.3, -0.25) is 4.90 Å². The molecule has 20 heavy (non-hydrogen) atoms. The highest BCUT2D eigenvalue weighted by molar-refractivity contribution is 7.89. The zero-order valence-corrected chi connectivity index (χ0v) is 11.8.